The predicted molar refractivity (Wildman–Crippen MR) is 285 cm³/mol. The first kappa shape index (κ1) is 49.5. The van der Waals surface area contributed by atoms with Gasteiger partial charge in [0, 0.05) is 98.6 Å². The van der Waals surface area contributed by atoms with Crippen LogP contribution in [0.1, 0.15) is 140 Å². The van der Waals surface area contributed by atoms with E-state index in [1.54, 1.807) is 6.20 Å². The molecule has 17 heteroatoms. The van der Waals surface area contributed by atoms with Gasteiger partial charge in [0.25, 0.3) is 0 Å². The summed E-state index contributed by atoms with van der Waals surface area (Å²) in [7, 11) is 0. The SMILES string of the molecule is CC(C)n1cnc2cc(-c3ccc4c(c3)N(C3CC(N5CCCCC5)C3)C(=O)C43CCN(C(=O)C4(C)CCN(C(=O)C5CCN(c6ccc(C7CCC(=O)NC7=O)cn6)CC5)CC4)CC3)nc(NC3CC(C#N)C3)c21. The molecule has 17 nitrogen and oxygen atoms in total. The molecule has 5 amide bonds. The fourth-order valence-corrected chi connectivity index (χ4v) is 14.0. The molecule has 6 aliphatic heterocycles. The number of anilines is 3. The van der Waals surface area contributed by atoms with Crippen molar-refractivity contribution in [2.75, 3.05) is 67.5 Å². The van der Waals surface area contributed by atoms with Crippen molar-refractivity contribution in [3.63, 3.8) is 0 Å². The number of rotatable bonds is 10. The molecule has 1 unspecified atom stereocenters. The number of nitrogens with one attached hydrogen (secondary N) is 2. The lowest BCUT2D eigenvalue weighted by atomic mass is 9.72. The van der Waals surface area contributed by atoms with Gasteiger partial charge in [-0.15, -0.1) is 0 Å². The Labute approximate surface area is 439 Å². The molecule has 5 saturated heterocycles. The molecule has 0 bridgehead atoms. The first-order valence-corrected chi connectivity index (χ1v) is 28.2. The molecule has 3 aromatic heterocycles. The fourth-order valence-electron chi connectivity index (χ4n) is 14.0. The minimum absolute atomic E-state index is 0.0583. The Hall–Kier alpha value is -6.41. The Morgan fingerprint density at radius 2 is 1.56 bits per heavy atom. The molecule has 12 rings (SSSR count). The molecule has 2 saturated carbocycles. The smallest absolute Gasteiger partial charge is 0.238 e. The van der Waals surface area contributed by atoms with Crippen LogP contribution in [0.5, 0.6) is 0 Å². The van der Waals surface area contributed by atoms with Crippen molar-refractivity contribution in [3.05, 3.63) is 60.0 Å². The molecular weight excluding hydrogens is 945 g/mol. The second-order valence-corrected chi connectivity index (χ2v) is 23.9. The molecule has 394 valence electrons. The van der Waals surface area contributed by atoms with Crippen LogP contribution in [0, 0.1) is 28.6 Å². The maximum absolute atomic E-state index is 15.3. The minimum atomic E-state index is -0.718. The van der Waals surface area contributed by atoms with Crippen LogP contribution in [0.2, 0.25) is 0 Å². The third-order valence-electron chi connectivity index (χ3n) is 19.0. The summed E-state index contributed by atoms with van der Waals surface area (Å²) in [6.45, 7) is 12.1. The van der Waals surface area contributed by atoms with Gasteiger partial charge in [0.15, 0.2) is 5.82 Å². The highest BCUT2D eigenvalue weighted by Crippen LogP contribution is 2.53. The number of nitriles is 1. The number of aromatic nitrogens is 4. The number of hydrogen-bond donors (Lipinski definition) is 2. The van der Waals surface area contributed by atoms with E-state index in [0.717, 1.165) is 102 Å². The number of carbonyl (C=O) groups excluding carboxylic acids is 5. The van der Waals surface area contributed by atoms with E-state index < -0.39 is 10.8 Å². The maximum Gasteiger partial charge on any atom is 0.238 e. The number of piperidine rings is 5. The van der Waals surface area contributed by atoms with Crippen LogP contribution in [0.25, 0.3) is 22.3 Å². The van der Waals surface area contributed by atoms with E-state index in [1.165, 1.54) is 19.3 Å². The van der Waals surface area contributed by atoms with Crippen molar-refractivity contribution >= 4 is 57.9 Å². The van der Waals surface area contributed by atoms with Gasteiger partial charge in [-0.2, -0.15) is 5.26 Å². The number of pyridine rings is 2. The number of nitrogens with zero attached hydrogens (tertiary/aromatic N) is 10. The number of fused-ring (bicyclic) bond motifs is 3. The summed E-state index contributed by atoms with van der Waals surface area (Å²) in [5, 5.41) is 15.6. The zero-order valence-corrected chi connectivity index (χ0v) is 43.9. The molecule has 8 aliphatic rings. The highest BCUT2D eigenvalue weighted by Gasteiger charge is 2.57. The van der Waals surface area contributed by atoms with Crippen molar-refractivity contribution in [2.24, 2.45) is 17.3 Å². The van der Waals surface area contributed by atoms with Gasteiger partial charge in [0.1, 0.15) is 11.3 Å². The number of benzene rings is 1. The summed E-state index contributed by atoms with van der Waals surface area (Å²) >= 11 is 0. The lowest BCUT2D eigenvalue weighted by Gasteiger charge is -2.48. The van der Waals surface area contributed by atoms with Gasteiger partial charge in [-0.3, -0.25) is 29.3 Å². The van der Waals surface area contributed by atoms with Gasteiger partial charge in [-0.1, -0.05) is 31.5 Å². The van der Waals surface area contributed by atoms with Gasteiger partial charge >= 0.3 is 0 Å². The summed E-state index contributed by atoms with van der Waals surface area (Å²) in [4.78, 5) is 93.7. The average molecular weight is 1020 g/mol. The molecule has 7 fully saturated rings. The second-order valence-electron chi connectivity index (χ2n) is 23.9. The van der Waals surface area contributed by atoms with E-state index in [0.29, 0.717) is 83.8 Å². The van der Waals surface area contributed by atoms with Crippen molar-refractivity contribution < 1.29 is 24.0 Å². The van der Waals surface area contributed by atoms with E-state index in [9.17, 15) is 24.4 Å². The van der Waals surface area contributed by atoms with Crippen molar-refractivity contribution in [2.45, 2.75) is 153 Å². The van der Waals surface area contributed by atoms with Crippen LogP contribution in [-0.4, -0.2) is 134 Å². The van der Waals surface area contributed by atoms with E-state index in [4.69, 9.17) is 9.97 Å². The number of likely N-dealkylation sites (tertiary alicyclic amines) is 3. The Bertz CT molecular complexity index is 2920. The van der Waals surface area contributed by atoms with E-state index in [2.05, 4.69) is 86.0 Å². The Balaban J connectivity index is 0.712. The summed E-state index contributed by atoms with van der Waals surface area (Å²) in [6, 6.07) is 15.8. The first-order valence-electron chi connectivity index (χ1n) is 28.2. The second kappa shape index (κ2) is 19.6. The van der Waals surface area contributed by atoms with Crippen LogP contribution in [0.3, 0.4) is 0 Å². The topological polar surface area (TPSA) is 193 Å². The summed E-state index contributed by atoms with van der Waals surface area (Å²) in [5.74, 6) is 1.17. The van der Waals surface area contributed by atoms with Crippen molar-refractivity contribution in [1.82, 2.24) is 39.5 Å². The highest BCUT2D eigenvalue weighted by atomic mass is 16.2. The van der Waals surface area contributed by atoms with Crippen LogP contribution in [0.15, 0.2) is 48.9 Å². The van der Waals surface area contributed by atoms with Crippen LogP contribution in [-0.2, 0) is 29.4 Å². The van der Waals surface area contributed by atoms with Crippen LogP contribution in [0.4, 0.5) is 17.3 Å². The first-order chi connectivity index (χ1) is 36.3. The quantitative estimate of drug-likeness (QED) is 0.154. The zero-order valence-electron chi connectivity index (χ0n) is 43.9. The monoisotopic (exact) mass is 1020 g/mol. The van der Waals surface area contributed by atoms with E-state index in [-0.39, 0.29) is 65.4 Å². The third kappa shape index (κ3) is 8.92. The van der Waals surface area contributed by atoms with Gasteiger partial charge in [-0.25, -0.2) is 15.0 Å². The largest absolute Gasteiger partial charge is 0.365 e. The summed E-state index contributed by atoms with van der Waals surface area (Å²) in [6.07, 6.45) is 15.5. The number of imide groups is 1. The number of amides is 5. The molecule has 2 N–H and O–H groups in total. The normalized spacial score (nSPS) is 27.0. The van der Waals surface area contributed by atoms with E-state index >= 15 is 4.79 Å². The molecule has 75 heavy (non-hydrogen) atoms. The van der Waals surface area contributed by atoms with Crippen molar-refractivity contribution in [3.8, 4) is 17.3 Å². The van der Waals surface area contributed by atoms with Gasteiger partial charge < -0.3 is 34.4 Å². The van der Waals surface area contributed by atoms with Gasteiger partial charge in [0.2, 0.25) is 29.5 Å². The fraction of sp³-hybridized carbons (Fsp3) is 0.603. The molecular formula is C58H72N12O5. The summed E-state index contributed by atoms with van der Waals surface area (Å²) < 4.78 is 2.15. The maximum atomic E-state index is 15.3. The highest BCUT2D eigenvalue weighted by molar-refractivity contribution is 6.09. The van der Waals surface area contributed by atoms with Crippen LogP contribution >= 0.6 is 0 Å². The molecule has 9 heterocycles. The lowest BCUT2D eigenvalue weighted by Crippen LogP contribution is -2.59. The third-order valence-corrected chi connectivity index (χ3v) is 19.0. The average Bonchev–Trinajstić information content (AvgIpc) is 3.97. The molecule has 1 aromatic carbocycles. The molecule has 0 radical (unpaired) electrons. The van der Waals surface area contributed by atoms with Gasteiger partial charge in [-0.05, 0) is 140 Å². The molecule has 1 atom stereocenters. The summed E-state index contributed by atoms with van der Waals surface area (Å²) in [5.41, 5.74) is 5.08. The predicted octanol–water partition coefficient (Wildman–Crippen LogP) is 7.08. The molecule has 1 spiro atoms. The van der Waals surface area contributed by atoms with Crippen molar-refractivity contribution in [1.29, 1.82) is 5.26 Å². The minimum Gasteiger partial charge on any atom is -0.365 e. The Morgan fingerprint density at radius 1 is 0.827 bits per heavy atom. The number of imidazole rings is 1. The lowest BCUT2D eigenvalue weighted by molar-refractivity contribution is -0.150. The Morgan fingerprint density at radius 3 is 2.24 bits per heavy atom. The standard InChI is InChI=1S/C58H72N12O5/c1-36(2)69-35-61-47-32-46(63-52(51(47)69)62-41-27-37(28-41)33-59)39-7-10-45-48(29-39)70(43-30-42(31-43)65-19-5-4-6-20-65)56(75)58(45)17-25-68(26-18-58)55(74)57(3)15-23-67(24-16-57)54(73)38-13-21-66(22-14-38)49-11-8-40(34-60-49)44-9-12-50(71)64-53(44)72/h7-8,10-11,29,32,34-38,41-44H,4-6,9,12-28,30-31H2,1-3H3,(H,62,63)(H,64,71,72). The number of carbonyl (C=O) groups is 5. The van der Waals surface area contributed by atoms with Crippen LogP contribution < -0.4 is 20.4 Å². The number of hydrogen-bond acceptors (Lipinski definition) is 12. The van der Waals surface area contributed by atoms with Gasteiger partial charge in [0.05, 0.1) is 40.9 Å². The Kier molecular flexibility index (Phi) is 12.9. The zero-order chi connectivity index (χ0) is 51.8. The molecule has 4 aromatic rings. The molecule has 2 aliphatic carbocycles. The van der Waals surface area contributed by atoms with E-state index in [1.807, 2.05) is 28.3 Å².